The van der Waals surface area contributed by atoms with Gasteiger partial charge in [0.15, 0.2) is 0 Å². The Labute approximate surface area is 194 Å². The van der Waals surface area contributed by atoms with Crippen LogP contribution >= 0.6 is 11.6 Å². The van der Waals surface area contributed by atoms with Gasteiger partial charge in [0.1, 0.15) is 22.8 Å². The number of rotatable bonds is 6. The minimum atomic E-state index is -0.477. The molecule has 3 aromatic heterocycles. The maximum atomic E-state index is 14.5. The monoisotopic (exact) mass is 468 g/mol. The van der Waals surface area contributed by atoms with Crippen molar-refractivity contribution in [3.05, 3.63) is 81.1 Å². The number of nitrogens with two attached hydrogens (primary N) is 1. The van der Waals surface area contributed by atoms with Crippen LogP contribution in [0, 0.1) is 19.7 Å². The van der Waals surface area contributed by atoms with Gasteiger partial charge < -0.3 is 16.2 Å². The molecule has 8 nitrogen and oxygen atoms in total. The molecule has 0 saturated heterocycles. The van der Waals surface area contributed by atoms with Crippen LogP contribution in [0.4, 0.5) is 10.2 Å². The van der Waals surface area contributed by atoms with Gasteiger partial charge in [-0.05, 0) is 54.8 Å². The maximum Gasteiger partial charge on any atom is 0.255 e. The molecule has 4 N–H and O–H groups in total. The van der Waals surface area contributed by atoms with Crippen LogP contribution in [0.1, 0.15) is 38.4 Å². The smallest absolute Gasteiger partial charge is 0.255 e. The van der Waals surface area contributed by atoms with E-state index in [1.165, 1.54) is 23.1 Å². The van der Waals surface area contributed by atoms with Crippen molar-refractivity contribution in [3.63, 3.8) is 0 Å². The Bertz CT molecular complexity index is 1350. The highest BCUT2D eigenvalue weighted by molar-refractivity contribution is 6.31. The Morgan fingerprint density at radius 3 is 2.79 bits per heavy atom. The summed E-state index contributed by atoms with van der Waals surface area (Å²) in [5.41, 5.74) is 9.58. The van der Waals surface area contributed by atoms with Gasteiger partial charge in [-0.2, -0.15) is 5.10 Å². The fraction of sp³-hybridized carbons (Fsp3) is 0.217. The molecule has 4 aromatic rings. The molecular formula is C23H22ClFN6O2. The molecule has 0 fully saturated rings. The number of aryl methyl sites for hydroxylation is 2. The average molecular weight is 469 g/mol. The van der Waals surface area contributed by atoms with Gasteiger partial charge in [-0.3, -0.25) is 14.5 Å². The molecule has 10 heteroatoms. The van der Waals surface area contributed by atoms with Crippen LogP contribution in [0.2, 0.25) is 5.02 Å². The molecule has 3 heterocycles. The van der Waals surface area contributed by atoms with E-state index >= 15 is 0 Å². The van der Waals surface area contributed by atoms with Gasteiger partial charge in [0.05, 0.1) is 23.7 Å². The molecule has 0 aliphatic heterocycles. The standard InChI is InChI=1S/C23H22ClFN6O2/c1-12-3-21(26)29-13(2)17(12)8-28-23(33)18-10-31(30-20(18)11-32)9-14-4-15-6-16(24)7-27-22(15)19(25)5-14/h3-7,10,32H,8-9,11H2,1-2H3,(H2,26,29)(H,28,33). The minimum Gasteiger partial charge on any atom is -0.390 e. The van der Waals surface area contributed by atoms with Gasteiger partial charge in [-0.1, -0.05) is 11.6 Å². The molecule has 1 aromatic carbocycles. The summed E-state index contributed by atoms with van der Waals surface area (Å²) >= 11 is 5.98. The average Bonchev–Trinajstić information content (AvgIpc) is 3.15. The second kappa shape index (κ2) is 9.13. The number of nitrogens with one attached hydrogen (secondary N) is 1. The normalized spacial score (nSPS) is 11.2. The first-order valence-corrected chi connectivity index (χ1v) is 10.5. The topological polar surface area (TPSA) is 119 Å². The molecule has 0 aliphatic carbocycles. The molecule has 170 valence electrons. The number of aliphatic hydroxyl groups excluding tert-OH is 1. The minimum absolute atomic E-state index is 0.194. The molecule has 1 amide bonds. The number of nitrogens with zero attached hydrogens (tertiary/aromatic N) is 4. The fourth-order valence-electron chi connectivity index (χ4n) is 3.78. The van der Waals surface area contributed by atoms with Crippen molar-refractivity contribution in [2.75, 3.05) is 5.73 Å². The van der Waals surface area contributed by atoms with E-state index in [4.69, 9.17) is 17.3 Å². The van der Waals surface area contributed by atoms with E-state index in [1.807, 2.05) is 13.8 Å². The molecule has 0 aliphatic rings. The van der Waals surface area contributed by atoms with Crippen LogP contribution in [0.25, 0.3) is 10.9 Å². The number of aliphatic hydroxyl groups is 1. The second-order valence-electron chi connectivity index (χ2n) is 7.76. The summed E-state index contributed by atoms with van der Waals surface area (Å²) in [5, 5.41) is 17.8. The Kier molecular flexibility index (Phi) is 6.26. The first-order valence-electron chi connectivity index (χ1n) is 10.2. The summed E-state index contributed by atoms with van der Waals surface area (Å²) in [7, 11) is 0. The van der Waals surface area contributed by atoms with Crippen molar-refractivity contribution < 1.29 is 14.3 Å². The lowest BCUT2D eigenvalue weighted by Gasteiger charge is -2.11. The molecule has 0 saturated carbocycles. The maximum absolute atomic E-state index is 14.5. The van der Waals surface area contributed by atoms with E-state index in [1.54, 1.807) is 18.2 Å². The Balaban J connectivity index is 1.55. The molecular weight excluding hydrogens is 447 g/mol. The number of pyridine rings is 2. The SMILES string of the molecule is Cc1cc(N)nc(C)c1CNC(=O)c1cn(Cc2cc(F)c3ncc(Cl)cc3c2)nc1CO. The number of nitrogen functional groups attached to an aromatic ring is 1. The number of aromatic nitrogens is 4. The van der Waals surface area contributed by atoms with Crippen LogP contribution in [0.15, 0.2) is 36.7 Å². The zero-order valence-corrected chi connectivity index (χ0v) is 18.8. The Morgan fingerprint density at radius 2 is 2.06 bits per heavy atom. The Hall–Kier alpha value is -3.56. The number of carbonyl (C=O) groups excluding carboxylic acids is 1. The summed E-state index contributed by atoms with van der Waals surface area (Å²) in [5.74, 6) is -0.441. The highest BCUT2D eigenvalue weighted by Gasteiger charge is 2.17. The number of amides is 1. The van der Waals surface area contributed by atoms with E-state index in [2.05, 4.69) is 20.4 Å². The van der Waals surface area contributed by atoms with Crippen LogP contribution < -0.4 is 11.1 Å². The van der Waals surface area contributed by atoms with Gasteiger partial charge >= 0.3 is 0 Å². The third-order valence-corrected chi connectivity index (χ3v) is 5.55. The van der Waals surface area contributed by atoms with Crippen molar-refractivity contribution in [2.24, 2.45) is 0 Å². The van der Waals surface area contributed by atoms with E-state index < -0.39 is 12.4 Å². The lowest BCUT2D eigenvalue weighted by Crippen LogP contribution is -2.24. The zero-order valence-electron chi connectivity index (χ0n) is 18.1. The fourth-order valence-corrected chi connectivity index (χ4v) is 3.95. The Morgan fingerprint density at radius 1 is 1.27 bits per heavy atom. The number of carbonyl (C=O) groups is 1. The largest absolute Gasteiger partial charge is 0.390 e. The van der Waals surface area contributed by atoms with E-state index in [0.29, 0.717) is 21.8 Å². The quantitative estimate of drug-likeness (QED) is 0.399. The van der Waals surface area contributed by atoms with Crippen LogP contribution in [-0.4, -0.2) is 30.8 Å². The summed E-state index contributed by atoms with van der Waals surface area (Å²) in [6.45, 7) is 3.76. The number of benzene rings is 1. The highest BCUT2D eigenvalue weighted by Crippen LogP contribution is 2.22. The first kappa shape index (κ1) is 22.6. The molecule has 0 bridgehead atoms. The van der Waals surface area contributed by atoms with Gasteiger partial charge in [-0.15, -0.1) is 0 Å². The lowest BCUT2D eigenvalue weighted by atomic mass is 10.1. The zero-order chi connectivity index (χ0) is 23.7. The summed E-state index contributed by atoms with van der Waals surface area (Å²) in [4.78, 5) is 21.1. The molecule has 0 unspecified atom stereocenters. The van der Waals surface area contributed by atoms with Crippen LogP contribution in [0.5, 0.6) is 0 Å². The molecule has 0 radical (unpaired) electrons. The number of halogens is 2. The van der Waals surface area contributed by atoms with Crippen LogP contribution in [-0.2, 0) is 19.7 Å². The van der Waals surface area contributed by atoms with Crippen molar-refractivity contribution in [3.8, 4) is 0 Å². The predicted molar refractivity (Wildman–Crippen MR) is 123 cm³/mol. The number of anilines is 1. The van der Waals surface area contributed by atoms with E-state index in [-0.39, 0.29) is 35.8 Å². The molecule has 0 spiro atoms. The number of hydrogen-bond acceptors (Lipinski definition) is 6. The van der Waals surface area contributed by atoms with E-state index in [9.17, 15) is 14.3 Å². The van der Waals surface area contributed by atoms with Crippen molar-refractivity contribution in [1.29, 1.82) is 0 Å². The van der Waals surface area contributed by atoms with Gasteiger partial charge in [0.2, 0.25) is 0 Å². The van der Waals surface area contributed by atoms with Gasteiger partial charge in [0.25, 0.3) is 5.91 Å². The molecule has 4 rings (SSSR count). The van der Waals surface area contributed by atoms with Gasteiger partial charge in [-0.25, -0.2) is 9.37 Å². The third-order valence-electron chi connectivity index (χ3n) is 5.34. The van der Waals surface area contributed by atoms with Crippen LogP contribution in [0.3, 0.4) is 0 Å². The molecule has 0 atom stereocenters. The third kappa shape index (κ3) is 4.79. The van der Waals surface area contributed by atoms with E-state index in [0.717, 1.165) is 16.8 Å². The predicted octanol–water partition coefficient (Wildman–Crippen LogP) is 3.29. The summed E-state index contributed by atoms with van der Waals surface area (Å²) < 4.78 is 15.9. The summed E-state index contributed by atoms with van der Waals surface area (Å²) in [6, 6.07) is 6.50. The molecule has 33 heavy (non-hydrogen) atoms. The first-order chi connectivity index (χ1) is 15.7. The van der Waals surface area contributed by atoms with Gasteiger partial charge in [0, 0.05) is 30.0 Å². The summed E-state index contributed by atoms with van der Waals surface area (Å²) in [6.07, 6.45) is 2.92. The highest BCUT2D eigenvalue weighted by atomic mass is 35.5. The van der Waals surface area contributed by atoms with Crippen molar-refractivity contribution in [2.45, 2.75) is 33.5 Å². The second-order valence-corrected chi connectivity index (χ2v) is 8.20. The van der Waals surface area contributed by atoms with Crippen molar-refractivity contribution in [1.82, 2.24) is 25.1 Å². The van der Waals surface area contributed by atoms with Crippen molar-refractivity contribution >= 4 is 34.2 Å². The number of fused-ring (bicyclic) bond motifs is 1. The number of hydrogen-bond donors (Lipinski definition) is 3. The lowest BCUT2D eigenvalue weighted by molar-refractivity contribution is 0.0947.